The number of rotatable bonds is 9. The molecule has 0 bridgehead atoms. The first-order valence-corrected chi connectivity index (χ1v) is 9.56. The minimum Gasteiger partial charge on any atom is -0.490 e. The second kappa shape index (κ2) is 11.1. The fourth-order valence-electron chi connectivity index (χ4n) is 2.58. The molecule has 0 aliphatic carbocycles. The van der Waals surface area contributed by atoms with Crippen molar-refractivity contribution in [2.75, 3.05) is 25.1 Å². The number of amides is 2. The van der Waals surface area contributed by atoms with Crippen molar-refractivity contribution in [1.82, 2.24) is 5.32 Å². The molecule has 0 unspecified atom stereocenters. The van der Waals surface area contributed by atoms with Crippen LogP contribution in [-0.2, 0) is 4.79 Å². The van der Waals surface area contributed by atoms with Gasteiger partial charge in [-0.2, -0.15) is 13.2 Å². The second-order valence-corrected chi connectivity index (χ2v) is 6.24. The number of ether oxygens (including phenoxy) is 2. The van der Waals surface area contributed by atoms with Gasteiger partial charge in [-0.25, -0.2) is 0 Å². The van der Waals surface area contributed by atoms with E-state index in [1.807, 2.05) is 13.8 Å². The van der Waals surface area contributed by atoms with Gasteiger partial charge in [0.1, 0.15) is 6.54 Å². The molecule has 0 fully saturated rings. The lowest BCUT2D eigenvalue weighted by molar-refractivity contribution is -0.123. The number of nitrogens with one attached hydrogen (secondary N) is 2. The maximum Gasteiger partial charge on any atom is 0.405 e. The van der Waals surface area contributed by atoms with E-state index in [2.05, 4.69) is 5.32 Å². The molecule has 2 N–H and O–H groups in total. The fourth-order valence-corrected chi connectivity index (χ4v) is 2.58. The van der Waals surface area contributed by atoms with Crippen LogP contribution in [0.1, 0.15) is 29.8 Å². The lowest BCUT2D eigenvalue weighted by atomic mass is 10.1. The molecule has 0 aliphatic rings. The van der Waals surface area contributed by atoms with Crippen LogP contribution in [0.5, 0.6) is 11.5 Å². The smallest absolute Gasteiger partial charge is 0.405 e. The maximum atomic E-state index is 12.3. The first-order valence-electron chi connectivity index (χ1n) is 9.56. The quantitative estimate of drug-likeness (QED) is 0.571. The monoisotopic (exact) mass is 436 g/mol. The van der Waals surface area contributed by atoms with Crippen molar-refractivity contribution in [3.8, 4) is 11.5 Å². The summed E-state index contributed by atoms with van der Waals surface area (Å²) in [7, 11) is 0. The zero-order valence-corrected chi connectivity index (χ0v) is 17.1. The summed E-state index contributed by atoms with van der Waals surface area (Å²) in [5, 5.41) is 4.29. The molecule has 0 heterocycles. The van der Waals surface area contributed by atoms with Gasteiger partial charge in [0.15, 0.2) is 11.5 Å². The van der Waals surface area contributed by atoms with Crippen LogP contribution in [0.2, 0.25) is 0 Å². The van der Waals surface area contributed by atoms with Crippen molar-refractivity contribution >= 4 is 23.6 Å². The summed E-state index contributed by atoms with van der Waals surface area (Å²) < 4.78 is 48.0. The van der Waals surface area contributed by atoms with Crippen LogP contribution in [-0.4, -0.2) is 37.7 Å². The first-order chi connectivity index (χ1) is 14.7. The van der Waals surface area contributed by atoms with Crippen LogP contribution in [0.15, 0.2) is 48.5 Å². The number of hydrogen-bond acceptors (Lipinski definition) is 4. The van der Waals surface area contributed by atoms with Gasteiger partial charge in [0.05, 0.1) is 24.5 Å². The molecule has 0 aliphatic heterocycles. The summed E-state index contributed by atoms with van der Waals surface area (Å²) in [6, 6.07) is 11.0. The summed E-state index contributed by atoms with van der Waals surface area (Å²) in [4.78, 5) is 24.3. The second-order valence-electron chi connectivity index (χ2n) is 6.24. The van der Waals surface area contributed by atoms with Crippen molar-refractivity contribution in [3.05, 3.63) is 59.7 Å². The minimum absolute atomic E-state index is 0.0757. The van der Waals surface area contributed by atoms with Gasteiger partial charge in [-0.15, -0.1) is 0 Å². The highest BCUT2D eigenvalue weighted by Gasteiger charge is 2.28. The highest BCUT2D eigenvalue weighted by molar-refractivity contribution is 6.07. The van der Waals surface area contributed by atoms with Crippen LogP contribution >= 0.6 is 0 Å². The van der Waals surface area contributed by atoms with E-state index in [0.29, 0.717) is 30.3 Å². The molecule has 166 valence electrons. The zero-order chi connectivity index (χ0) is 22.9. The fraction of sp³-hybridized carbons (Fsp3) is 0.273. The lowest BCUT2D eigenvalue weighted by Gasteiger charge is -2.12. The van der Waals surface area contributed by atoms with Crippen LogP contribution in [0.25, 0.3) is 6.08 Å². The van der Waals surface area contributed by atoms with Gasteiger partial charge in [0, 0.05) is 6.08 Å². The number of benzene rings is 2. The number of alkyl halides is 3. The van der Waals surface area contributed by atoms with Crippen molar-refractivity contribution in [3.63, 3.8) is 0 Å². The third-order valence-corrected chi connectivity index (χ3v) is 3.87. The molecule has 2 amide bonds. The molecule has 9 heteroatoms. The molecule has 2 aromatic rings. The Morgan fingerprint density at radius 1 is 1.00 bits per heavy atom. The highest BCUT2D eigenvalue weighted by Crippen LogP contribution is 2.29. The van der Waals surface area contributed by atoms with Gasteiger partial charge in [0.2, 0.25) is 5.91 Å². The predicted octanol–water partition coefficient (Wildman–Crippen LogP) is 4.43. The van der Waals surface area contributed by atoms with Crippen molar-refractivity contribution in [2.45, 2.75) is 20.0 Å². The molecule has 0 spiro atoms. The van der Waals surface area contributed by atoms with Crippen LogP contribution in [0, 0.1) is 0 Å². The van der Waals surface area contributed by atoms with Gasteiger partial charge in [-0.3, -0.25) is 9.59 Å². The minimum atomic E-state index is -4.53. The van der Waals surface area contributed by atoms with Gasteiger partial charge >= 0.3 is 6.18 Å². The number of anilines is 1. The Bertz CT molecular complexity index is 943. The lowest BCUT2D eigenvalue weighted by Crippen LogP contribution is -2.34. The first kappa shape index (κ1) is 23.8. The van der Waals surface area contributed by atoms with E-state index in [1.165, 1.54) is 24.3 Å². The summed E-state index contributed by atoms with van der Waals surface area (Å²) in [5.74, 6) is -0.365. The Kier molecular flexibility index (Phi) is 8.48. The maximum absolute atomic E-state index is 12.3. The SMILES string of the molecule is CCOc1ccc(/C=C/C(=O)Nc2ccccc2C(=O)NCC(F)(F)F)cc1OCC. The average Bonchev–Trinajstić information content (AvgIpc) is 2.72. The molecule has 2 rings (SSSR count). The molecular formula is C22H23F3N2O4. The molecule has 6 nitrogen and oxygen atoms in total. The number of para-hydroxylation sites is 1. The predicted molar refractivity (Wildman–Crippen MR) is 111 cm³/mol. The third-order valence-electron chi connectivity index (χ3n) is 3.87. The number of hydrogen-bond donors (Lipinski definition) is 2. The van der Waals surface area contributed by atoms with E-state index >= 15 is 0 Å². The Morgan fingerprint density at radius 2 is 1.68 bits per heavy atom. The molecule has 0 atom stereocenters. The average molecular weight is 436 g/mol. The summed E-state index contributed by atoms with van der Waals surface area (Å²) in [6.07, 6.45) is -1.75. The van der Waals surface area contributed by atoms with Crippen molar-refractivity contribution in [2.24, 2.45) is 0 Å². The molecule has 2 aromatic carbocycles. The molecule has 0 saturated heterocycles. The van der Waals surface area contributed by atoms with Crippen LogP contribution in [0.3, 0.4) is 0 Å². The molecule has 0 saturated carbocycles. The molecule has 0 radical (unpaired) electrons. The van der Waals surface area contributed by atoms with Gasteiger partial charge in [0.25, 0.3) is 5.91 Å². The van der Waals surface area contributed by atoms with E-state index in [-0.39, 0.29) is 11.3 Å². The Labute approximate surface area is 178 Å². The van der Waals surface area contributed by atoms with Gasteiger partial charge in [-0.1, -0.05) is 18.2 Å². The summed E-state index contributed by atoms with van der Waals surface area (Å²) in [5.41, 5.74) is 0.699. The highest BCUT2D eigenvalue weighted by atomic mass is 19.4. The van der Waals surface area contributed by atoms with E-state index in [1.54, 1.807) is 35.7 Å². The molecular weight excluding hydrogens is 413 g/mol. The largest absolute Gasteiger partial charge is 0.490 e. The summed E-state index contributed by atoms with van der Waals surface area (Å²) in [6.45, 7) is 3.16. The van der Waals surface area contributed by atoms with E-state index in [4.69, 9.17) is 9.47 Å². The number of carbonyl (C=O) groups excluding carboxylic acids is 2. The third kappa shape index (κ3) is 7.69. The van der Waals surface area contributed by atoms with Crippen molar-refractivity contribution in [1.29, 1.82) is 0 Å². The Balaban J connectivity index is 2.10. The van der Waals surface area contributed by atoms with Gasteiger partial charge < -0.3 is 20.1 Å². The summed E-state index contributed by atoms with van der Waals surface area (Å²) >= 11 is 0. The van der Waals surface area contributed by atoms with Crippen molar-refractivity contribution < 1.29 is 32.2 Å². The van der Waals surface area contributed by atoms with Crippen LogP contribution in [0.4, 0.5) is 18.9 Å². The van der Waals surface area contributed by atoms with Gasteiger partial charge in [-0.05, 0) is 49.8 Å². The standard InChI is InChI=1S/C22H23F3N2O4/c1-3-30-18-11-9-15(13-19(18)31-4-2)10-12-20(28)27-17-8-6-5-7-16(17)21(29)26-14-22(23,24)25/h5-13H,3-4,14H2,1-2H3,(H,26,29)(H,27,28)/b12-10+. The zero-order valence-electron chi connectivity index (χ0n) is 17.1. The topological polar surface area (TPSA) is 76.7 Å². The van der Waals surface area contributed by atoms with E-state index in [9.17, 15) is 22.8 Å². The molecule has 0 aromatic heterocycles. The normalized spacial score (nSPS) is 11.3. The van der Waals surface area contributed by atoms with E-state index < -0.39 is 24.5 Å². The Morgan fingerprint density at radius 3 is 2.35 bits per heavy atom. The molecule has 31 heavy (non-hydrogen) atoms. The number of halogens is 3. The van der Waals surface area contributed by atoms with Crippen LogP contribution < -0.4 is 20.1 Å². The Hall–Kier alpha value is -3.49. The number of carbonyl (C=O) groups is 2. The van der Waals surface area contributed by atoms with E-state index in [0.717, 1.165) is 0 Å².